The lowest BCUT2D eigenvalue weighted by Crippen LogP contribution is -2.31. The monoisotopic (exact) mass is 257 g/mol. The van der Waals surface area contributed by atoms with Crippen molar-refractivity contribution in [2.24, 2.45) is 0 Å². The molecule has 14 heavy (non-hydrogen) atoms. The quantitative estimate of drug-likeness (QED) is 0.869. The van der Waals surface area contributed by atoms with Gasteiger partial charge in [0.25, 0.3) is 0 Å². The predicted molar refractivity (Wildman–Crippen MR) is 62.2 cm³/mol. The second kappa shape index (κ2) is 5.49. The fourth-order valence-electron chi connectivity index (χ4n) is 1.38. The third kappa shape index (κ3) is 3.08. The Morgan fingerprint density at radius 1 is 1.36 bits per heavy atom. The number of rotatable bonds is 4. The van der Waals surface area contributed by atoms with Gasteiger partial charge in [0.15, 0.2) is 0 Å². The van der Waals surface area contributed by atoms with E-state index in [2.05, 4.69) is 21.2 Å². The predicted octanol–water partition coefficient (Wildman–Crippen LogP) is 2.48. The molecule has 0 spiro atoms. The molecule has 0 aromatic heterocycles. The van der Waals surface area contributed by atoms with Crippen LogP contribution < -0.4 is 5.32 Å². The van der Waals surface area contributed by atoms with E-state index in [1.807, 2.05) is 38.1 Å². The summed E-state index contributed by atoms with van der Waals surface area (Å²) in [5, 5.41) is 13.1. The molecule has 2 atom stereocenters. The van der Waals surface area contributed by atoms with Crippen molar-refractivity contribution >= 4 is 15.9 Å². The van der Waals surface area contributed by atoms with Gasteiger partial charge in [-0.3, -0.25) is 0 Å². The van der Waals surface area contributed by atoms with E-state index in [9.17, 15) is 5.11 Å². The van der Waals surface area contributed by atoms with E-state index < -0.39 is 6.10 Å². The summed E-state index contributed by atoms with van der Waals surface area (Å²) in [5.41, 5.74) is 0.946. The van der Waals surface area contributed by atoms with Crippen molar-refractivity contribution in [3.05, 3.63) is 34.3 Å². The number of benzene rings is 1. The van der Waals surface area contributed by atoms with Gasteiger partial charge in [-0.05, 0) is 31.2 Å². The zero-order valence-electron chi connectivity index (χ0n) is 8.50. The number of likely N-dealkylation sites (N-methyl/N-ethyl adjacent to an activating group) is 1. The Bertz CT molecular complexity index is 273. The largest absolute Gasteiger partial charge is 0.387 e. The van der Waals surface area contributed by atoms with E-state index in [-0.39, 0.29) is 6.04 Å². The normalized spacial score (nSPS) is 15.1. The molecule has 1 aromatic carbocycles. The molecule has 1 aromatic rings. The van der Waals surface area contributed by atoms with Crippen LogP contribution in [0.15, 0.2) is 28.7 Å². The summed E-state index contributed by atoms with van der Waals surface area (Å²) in [7, 11) is 0. The van der Waals surface area contributed by atoms with Gasteiger partial charge in [-0.1, -0.05) is 35.0 Å². The Morgan fingerprint density at radius 3 is 2.43 bits per heavy atom. The van der Waals surface area contributed by atoms with Gasteiger partial charge in [0, 0.05) is 10.5 Å². The molecular weight excluding hydrogens is 242 g/mol. The van der Waals surface area contributed by atoms with Crippen LogP contribution in [0.25, 0.3) is 0 Å². The van der Waals surface area contributed by atoms with E-state index in [0.29, 0.717) is 0 Å². The smallest absolute Gasteiger partial charge is 0.0940 e. The van der Waals surface area contributed by atoms with E-state index in [0.717, 1.165) is 16.6 Å². The van der Waals surface area contributed by atoms with Crippen LogP contribution in [0.3, 0.4) is 0 Å². The average Bonchev–Trinajstić information content (AvgIpc) is 2.18. The van der Waals surface area contributed by atoms with Crippen molar-refractivity contribution in [2.75, 3.05) is 6.54 Å². The van der Waals surface area contributed by atoms with Gasteiger partial charge in [0.1, 0.15) is 0 Å². The highest BCUT2D eigenvalue weighted by molar-refractivity contribution is 9.10. The standard InChI is InChI=1S/C11H16BrNO/c1-3-13-8(2)11(14)9-4-6-10(12)7-5-9/h4-8,11,13-14H,3H2,1-2H3. The Morgan fingerprint density at radius 2 is 1.93 bits per heavy atom. The maximum absolute atomic E-state index is 9.93. The van der Waals surface area contributed by atoms with Gasteiger partial charge in [-0.2, -0.15) is 0 Å². The lowest BCUT2D eigenvalue weighted by Gasteiger charge is -2.19. The number of aliphatic hydroxyl groups is 1. The second-order valence-corrected chi connectivity index (χ2v) is 4.26. The lowest BCUT2D eigenvalue weighted by atomic mass is 10.0. The second-order valence-electron chi connectivity index (χ2n) is 3.34. The summed E-state index contributed by atoms with van der Waals surface area (Å²) in [6.45, 7) is 4.88. The third-order valence-corrected chi connectivity index (χ3v) is 2.74. The number of hydrogen-bond acceptors (Lipinski definition) is 2. The van der Waals surface area contributed by atoms with Crippen LogP contribution in [0.1, 0.15) is 25.5 Å². The van der Waals surface area contributed by atoms with Gasteiger partial charge in [0.2, 0.25) is 0 Å². The Kier molecular flexibility index (Phi) is 4.58. The van der Waals surface area contributed by atoms with E-state index in [1.54, 1.807) is 0 Å². The summed E-state index contributed by atoms with van der Waals surface area (Å²) in [6, 6.07) is 7.83. The van der Waals surface area contributed by atoms with Crippen LogP contribution >= 0.6 is 15.9 Å². The van der Waals surface area contributed by atoms with Crippen molar-refractivity contribution in [1.82, 2.24) is 5.32 Å². The highest BCUT2D eigenvalue weighted by Gasteiger charge is 2.14. The SMILES string of the molecule is CCNC(C)C(O)c1ccc(Br)cc1. The molecule has 0 aliphatic carbocycles. The molecule has 0 bridgehead atoms. The summed E-state index contributed by atoms with van der Waals surface area (Å²) in [6.07, 6.45) is -0.442. The molecule has 2 N–H and O–H groups in total. The highest BCUT2D eigenvalue weighted by Crippen LogP contribution is 2.19. The fraction of sp³-hybridized carbons (Fsp3) is 0.455. The zero-order chi connectivity index (χ0) is 10.6. The molecule has 3 heteroatoms. The van der Waals surface area contributed by atoms with Crippen molar-refractivity contribution in [1.29, 1.82) is 0 Å². The van der Waals surface area contributed by atoms with Crippen molar-refractivity contribution in [3.8, 4) is 0 Å². The van der Waals surface area contributed by atoms with Crippen molar-refractivity contribution in [2.45, 2.75) is 26.0 Å². The van der Waals surface area contributed by atoms with Crippen LogP contribution in [0.5, 0.6) is 0 Å². The molecule has 0 radical (unpaired) electrons. The minimum atomic E-state index is -0.442. The molecule has 2 unspecified atom stereocenters. The molecule has 1 rings (SSSR count). The molecule has 0 heterocycles. The zero-order valence-corrected chi connectivity index (χ0v) is 10.1. The van der Waals surface area contributed by atoms with Crippen LogP contribution in [0, 0.1) is 0 Å². The van der Waals surface area contributed by atoms with Crippen LogP contribution in [0.2, 0.25) is 0 Å². The van der Waals surface area contributed by atoms with Gasteiger partial charge < -0.3 is 10.4 Å². The van der Waals surface area contributed by atoms with Crippen molar-refractivity contribution in [3.63, 3.8) is 0 Å². The Hall–Kier alpha value is -0.380. The minimum Gasteiger partial charge on any atom is -0.387 e. The molecule has 78 valence electrons. The average molecular weight is 258 g/mol. The first-order valence-corrected chi connectivity index (χ1v) is 5.61. The summed E-state index contributed by atoms with van der Waals surface area (Å²) >= 11 is 3.37. The maximum Gasteiger partial charge on any atom is 0.0940 e. The van der Waals surface area contributed by atoms with E-state index in [4.69, 9.17) is 0 Å². The van der Waals surface area contributed by atoms with Gasteiger partial charge in [-0.25, -0.2) is 0 Å². The minimum absolute atomic E-state index is 0.0844. The fourth-order valence-corrected chi connectivity index (χ4v) is 1.65. The van der Waals surface area contributed by atoms with E-state index in [1.165, 1.54) is 0 Å². The first-order valence-electron chi connectivity index (χ1n) is 4.82. The van der Waals surface area contributed by atoms with Crippen LogP contribution in [-0.4, -0.2) is 17.7 Å². The maximum atomic E-state index is 9.93. The first-order chi connectivity index (χ1) is 6.65. The van der Waals surface area contributed by atoms with Gasteiger partial charge in [-0.15, -0.1) is 0 Å². The number of halogens is 1. The number of hydrogen-bond donors (Lipinski definition) is 2. The van der Waals surface area contributed by atoms with Crippen LogP contribution in [0.4, 0.5) is 0 Å². The summed E-state index contributed by atoms with van der Waals surface area (Å²) < 4.78 is 1.03. The molecule has 2 nitrogen and oxygen atoms in total. The summed E-state index contributed by atoms with van der Waals surface area (Å²) in [5.74, 6) is 0. The number of nitrogens with one attached hydrogen (secondary N) is 1. The highest BCUT2D eigenvalue weighted by atomic mass is 79.9. The van der Waals surface area contributed by atoms with Gasteiger partial charge in [0.05, 0.1) is 6.10 Å². The summed E-state index contributed by atoms with van der Waals surface area (Å²) in [4.78, 5) is 0. The molecule has 0 aliphatic heterocycles. The third-order valence-electron chi connectivity index (χ3n) is 2.21. The molecule has 0 aliphatic rings. The number of aliphatic hydroxyl groups excluding tert-OH is 1. The van der Waals surface area contributed by atoms with E-state index >= 15 is 0 Å². The molecular formula is C11H16BrNO. The lowest BCUT2D eigenvalue weighted by molar-refractivity contribution is 0.137. The van der Waals surface area contributed by atoms with Crippen LogP contribution in [-0.2, 0) is 0 Å². The topological polar surface area (TPSA) is 32.3 Å². The van der Waals surface area contributed by atoms with Crippen molar-refractivity contribution < 1.29 is 5.11 Å². The Labute approximate surface area is 93.5 Å². The van der Waals surface area contributed by atoms with Gasteiger partial charge >= 0.3 is 0 Å². The molecule has 0 amide bonds. The molecule has 0 saturated heterocycles. The molecule has 0 fully saturated rings. The first kappa shape index (κ1) is 11.7. The Balaban J connectivity index is 2.68. The molecule has 0 saturated carbocycles.